The lowest BCUT2D eigenvalue weighted by atomic mass is 9.83. The van der Waals surface area contributed by atoms with Crippen LogP contribution in [0.2, 0.25) is 0 Å². The molecule has 1 amide bonds. The van der Waals surface area contributed by atoms with Crippen molar-refractivity contribution in [1.82, 2.24) is 10.2 Å². The number of nitrogens with one attached hydrogen (secondary N) is 1. The maximum absolute atomic E-state index is 13.5. The van der Waals surface area contributed by atoms with Gasteiger partial charge in [-0.25, -0.2) is 4.79 Å². The molecule has 4 rings (SSSR count). The minimum atomic E-state index is -0.676. The summed E-state index contributed by atoms with van der Waals surface area (Å²) in [5.74, 6) is -0.567. The highest BCUT2D eigenvalue weighted by molar-refractivity contribution is 6.11. The fourth-order valence-corrected chi connectivity index (χ4v) is 4.43. The maximum Gasteiger partial charge on any atom is 0.338 e. The summed E-state index contributed by atoms with van der Waals surface area (Å²) < 4.78 is 5.33. The Bertz CT molecular complexity index is 1120. The summed E-state index contributed by atoms with van der Waals surface area (Å²) in [5, 5.41) is 3.21. The number of benzene rings is 2. The molecule has 0 radical (unpaired) electrons. The third kappa shape index (κ3) is 3.73. The number of amides is 1. The topological polar surface area (TPSA) is 75.7 Å². The van der Waals surface area contributed by atoms with Crippen molar-refractivity contribution < 1.29 is 19.1 Å². The summed E-state index contributed by atoms with van der Waals surface area (Å²) in [6.07, 6.45) is 0.178. The first-order valence-electron chi connectivity index (χ1n) is 10.8. The number of carbonyl (C=O) groups is 3. The second-order valence-corrected chi connectivity index (χ2v) is 8.02. The van der Waals surface area contributed by atoms with Crippen LogP contribution in [0.3, 0.4) is 0 Å². The van der Waals surface area contributed by atoms with Crippen LogP contribution in [0.25, 0.3) is 0 Å². The molecular formula is C26H26N2O4. The lowest BCUT2D eigenvalue weighted by Gasteiger charge is -2.44. The average molecular weight is 431 g/mol. The number of esters is 1. The summed E-state index contributed by atoms with van der Waals surface area (Å²) in [6, 6.07) is 17.7. The second kappa shape index (κ2) is 8.83. The summed E-state index contributed by atoms with van der Waals surface area (Å²) >= 11 is 0. The van der Waals surface area contributed by atoms with Crippen LogP contribution in [0, 0.1) is 5.92 Å². The summed E-state index contributed by atoms with van der Waals surface area (Å²) in [5.41, 5.74) is 2.83. The zero-order valence-electron chi connectivity index (χ0n) is 18.4. The van der Waals surface area contributed by atoms with E-state index in [0.29, 0.717) is 28.2 Å². The van der Waals surface area contributed by atoms with Crippen LogP contribution in [0.5, 0.6) is 0 Å². The molecule has 2 aliphatic rings. The zero-order chi connectivity index (χ0) is 22.8. The van der Waals surface area contributed by atoms with E-state index in [0.717, 1.165) is 5.56 Å². The van der Waals surface area contributed by atoms with E-state index in [1.165, 1.54) is 0 Å². The highest BCUT2D eigenvalue weighted by Gasteiger charge is 2.45. The molecule has 2 aromatic carbocycles. The van der Waals surface area contributed by atoms with Crippen LogP contribution in [0.4, 0.5) is 0 Å². The summed E-state index contributed by atoms with van der Waals surface area (Å²) in [6.45, 7) is 5.64. The number of hydrogen-bond acceptors (Lipinski definition) is 5. The standard InChI is InChI=1S/C26H26N2O4/c1-4-32-26(31)22-17(3)27-25-21(24(30)19-13-9-6-10-14-19)16(2)15-20(29)28(25)23(22)18-11-7-5-8-12-18/h5-14,16,23,27H,4,15H2,1-3H3. The van der Waals surface area contributed by atoms with E-state index < -0.39 is 12.0 Å². The van der Waals surface area contributed by atoms with Gasteiger partial charge in [-0.15, -0.1) is 0 Å². The van der Waals surface area contributed by atoms with Gasteiger partial charge in [-0.05, 0) is 25.3 Å². The van der Waals surface area contributed by atoms with E-state index in [1.54, 1.807) is 30.9 Å². The molecule has 6 heteroatoms. The molecule has 2 aliphatic heterocycles. The molecular weight excluding hydrogens is 404 g/mol. The third-order valence-corrected chi connectivity index (χ3v) is 5.87. The van der Waals surface area contributed by atoms with Crippen molar-refractivity contribution in [3.05, 3.63) is 94.5 Å². The second-order valence-electron chi connectivity index (χ2n) is 8.02. The van der Waals surface area contributed by atoms with Crippen LogP contribution in [-0.4, -0.2) is 29.2 Å². The van der Waals surface area contributed by atoms with Gasteiger partial charge in [-0.3, -0.25) is 14.5 Å². The zero-order valence-corrected chi connectivity index (χ0v) is 18.4. The van der Waals surface area contributed by atoms with Gasteiger partial charge in [0.25, 0.3) is 0 Å². The number of Topliss-reactive ketones (excluding diaryl/α,β-unsaturated/α-hetero) is 1. The first-order valence-corrected chi connectivity index (χ1v) is 10.8. The van der Waals surface area contributed by atoms with Crippen molar-refractivity contribution in [2.45, 2.75) is 33.2 Å². The van der Waals surface area contributed by atoms with Gasteiger partial charge in [-0.2, -0.15) is 0 Å². The quantitative estimate of drug-likeness (QED) is 0.570. The van der Waals surface area contributed by atoms with Gasteiger partial charge in [0.1, 0.15) is 5.82 Å². The van der Waals surface area contributed by atoms with Crippen LogP contribution in [0.15, 0.2) is 83.3 Å². The van der Waals surface area contributed by atoms with E-state index in [9.17, 15) is 14.4 Å². The van der Waals surface area contributed by atoms with Gasteiger partial charge < -0.3 is 10.1 Å². The van der Waals surface area contributed by atoms with Gasteiger partial charge in [-0.1, -0.05) is 67.6 Å². The Morgan fingerprint density at radius 2 is 1.66 bits per heavy atom. The molecule has 6 nitrogen and oxygen atoms in total. The van der Waals surface area contributed by atoms with E-state index in [1.807, 2.05) is 55.5 Å². The number of nitrogens with zero attached hydrogens (tertiary/aromatic N) is 1. The SMILES string of the molecule is CCOC(=O)C1=C(C)NC2=C(C(=O)c3ccccc3)C(C)CC(=O)N2C1c1ccccc1. The maximum atomic E-state index is 13.5. The third-order valence-electron chi connectivity index (χ3n) is 5.87. The van der Waals surface area contributed by atoms with Crippen molar-refractivity contribution in [2.75, 3.05) is 6.61 Å². The molecule has 2 aromatic rings. The number of fused-ring (bicyclic) bond motifs is 1. The Kier molecular flexibility index (Phi) is 5.95. The van der Waals surface area contributed by atoms with Crippen LogP contribution in [0.1, 0.15) is 49.2 Å². The smallest absolute Gasteiger partial charge is 0.338 e. The summed E-state index contributed by atoms with van der Waals surface area (Å²) in [7, 11) is 0. The minimum Gasteiger partial charge on any atom is -0.463 e. The normalized spacial score (nSPS) is 20.6. The lowest BCUT2D eigenvalue weighted by molar-refractivity contribution is -0.140. The molecule has 1 N–H and O–H groups in total. The fraction of sp³-hybridized carbons (Fsp3) is 0.269. The molecule has 0 spiro atoms. The Morgan fingerprint density at radius 1 is 1.03 bits per heavy atom. The summed E-state index contributed by atoms with van der Waals surface area (Å²) in [4.78, 5) is 41.3. The number of ketones is 1. The Balaban J connectivity index is 1.94. The van der Waals surface area contributed by atoms with Crippen LogP contribution >= 0.6 is 0 Å². The average Bonchev–Trinajstić information content (AvgIpc) is 2.79. The van der Waals surface area contributed by atoms with Crippen LogP contribution < -0.4 is 5.32 Å². The Morgan fingerprint density at radius 3 is 2.28 bits per heavy atom. The van der Waals surface area contributed by atoms with Gasteiger partial charge in [0.05, 0.1) is 18.2 Å². The van der Waals surface area contributed by atoms with E-state index in [-0.39, 0.29) is 30.6 Å². The number of allylic oxidation sites excluding steroid dienone is 2. The van der Waals surface area contributed by atoms with Gasteiger partial charge in [0.15, 0.2) is 5.78 Å². The molecule has 0 aliphatic carbocycles. The van der Waals surface area contributed by atoms with Crippen molar-refractivity contribution in [2.24, 2.45) is 5.92 Å². The molecule has 0 saturated heterocycles. The fourth-order valence-electron chi connectivity index (χ4n) is 4.43. The van der Waals surface area contributed by atoms with E-state index in [4.69, 9.17) is 4.74 Å². The van der Waals surface area contributed by atoms with Crippen molar-refractivity contribution >= 4 is 17.7 Å². The number of hydrogen-bond donors (Lipinski definition) is 1. The highest BCUT2D eigenvalue weighted by Crippen LogP contribution is 2.42. The minimum absolute atomic E-state index is 0.128. The lowest BCUT2D eigenvalue weighted by Crippen LogP contribution is -2.50. The van der Waals surface area contributed by atoms with Crippen LogP contribution in [-0.2, 0) is 14.3 Å². The van der Waals surface area contributed by atoms with Gasteiger partial charge in [0.2, 0.25) is 5.91 Å². The van der Waals surface area contributed by atoms with Crippen molar-refractivity contribution in [1.29, 1.82) is 0 Å². The molecule has 2 heterocycles. The molecule has 164 valence electrons. The Labute approximate surface area is 187 Å². The number of carbonyl (C=O) groups excluding carboxylic acids is 3. The predicted octanol–water partition coefficient (Wildman–Crippen LogP) is 4.13. The predicted molar refractivity (Wildman–Crippen MR) is 120 cm³/mol. The highest BCUT2D eigenvalue weighted by atomic mass is 16.5. The van der Waals surface area contributed by atoms with Gasteiger partial charge >= 0.3 is 5.97 Å². The monoisotopic (exact) mass is 430 g/mol. The van der Waals surface area contributed by atoms with E-state index >= 15 is 0 Å². The Hall–Kier alpha value is -3.67. The number of ether oxygens (including phenoxy) is 1. The van der Waals surface area contributed by atoms with Gasteiger partial charge in [0, 0.05) is 23.3 Å². The molecule has 2 unspecified atom stereocenters. The molecule has 32 heavy (non-hydrogen) atoms. The molecule has 0 fully saturated rings. The van der Waals surface area contributed by atoms with Crippen molar-refractivity contribution in [3.63, 3.8) is 0 Å². The molecule has 0 bridgehead atoms. The molecule has 2 atom stereocenters. The molecule has 0 aromatic heterocycles. The van der Waals surface area contributed by atoms with Crippen molar-refractivity contribution in [3.8, 4) is 0 Å². The molecule has 0 saturated carbocycles. The first kappa shape index (κ1) is 21.6. The number of rotatable bonds is 5. The largest absolute Gasteiger partial charge is 0.463 e. The van der Waals surface area contributed by atoms with E-state index in [2.05, 4.69) is 5.32 Å². The first-order chi connectivity index (χ1) is 15.4.